The fourth-order valence-corrected chi connectivity index (χ4v) is 5.71. The molecule has 1 heterocycles. The third kappa shape index (κ3) is 3.40. The molecule has 0 aliphatic carbocycles. The van der Waals surface area contributed by atoms with Crippen molar-refractivity contribution in [2.75, 3.05) is 32.1 Å². The van der Waals surface area contributed by atoms with Crippen molar-refractivity contribution in [3.8, 4) is 5.75 Å². The third-order valence-corrected chi connectivity index (χ3v) is 8.31. The average Bonchev–Trinajstić information content (AvgIpc) is 3.05. The number of ether oxygens (including phenoxy) is 1. The highest BCUT2D eigenvalue weighted by molar-refractivity contribution is 7.92. The Labute approximate surface area is 164 Å². The minimum Gasteiger partial charge on any atom is -0.495 e. The Balaban J connectivity index is 2.01. The van der Waals surface area contributed by atoms with Crippen LogP contribution in [0.15, 0.2) is 46.2 Å². The van der Waals surface area contributed by atoms with Gasteiger partial charge in [0.15, 0.2) is 0 Å². The van der Waals surface area contributed by atoms with Crippen molar-refractivity contribution >= 4 is 37.3 Å². The second kappa shape index (κ2) is 6.97. The van der Waals surface area contributed by atoms with Gasteiger partial charge in [-0.25, -0.2) is 21.1 Å². The van der Waals surface area contributed by atoms with Gasteiger partial charge in [0.05, 0.1) is 27.6 Å². The van der Waals surface area contributed by atoms with Gasteiger partial charge in [0, 0.05) is 20.6 Å². The van der Waals surface area contributed by atoms with E-state index in [-0.39, 0.29) is 21.4 Å². The van der Waals surface area contributed by atoms with Crippen molar-refractivity contribution in [1.29, 1.82) is 0 Å². The topological polar surface area (TPSA) is 84.0 Å². The van der Waals surface area contributed by atoms with Crippen LogP contribution in [0.2, 0.25) is 5.02 Å². The van der Waals surface area contributed by atoms with E-state index in [1.165, 1.54) is 61.9 Å². The van der Waals surface area contributed by atoms with Crippen LogP contribution in [0.5, 0.6) is 5.75 Å². The Morgan fingerprint density at radius 2 is 1.70 bits per heavy atom. The summed E-state index contributed by atoms with van der Waals surface area (Å²) < 4.78 is 58.1. The molecule has 0 unspecified atom stereocenters. The van der Waals surface area contributed by atoms with Gasteiger partial charge in [-0.15, -0.1) is 0 Å². The summed E-state index contributed by atoms with van der Waals surface area (Å²) in [6, 6.07) is 8.76. The van der Waals surface area contributed by atoms with Gasteiger partial charge in [0.2, 0.25) is 10.0 Å². The lowest BCUT2D eigenvalue weighted by molar-refractivity contribution is 0.414. The maximum atomic E-state index is 13.0. The van der Waals surface area contributed by atoms with E-state index >= 15 is 0 Å². The number of fused-ring (bicyclic) bond motifs is 1. The van der Waals surface area contributed by atoms with Crippen LogP contribution in [0.4, 0.5) is 5.69 Å². The van der Waals surface area contributed by atoms with Crippen molar-refractivity contribution in [2.24, 2.45) is 0 Å². The summed E-state index contributed by atoms with van der Waals surface area (Å²) in [6.45, 7) is 0.229. The summed E-state index contributed by atoms with van der Waals surface area (Å²) in [5.74, 6) is 0.385. The molecule has 3 rings (SSSR count). The number of benzene rings is 2. The monoisotopic (exact) mass is 430 g/mol. The van der Waals surface area contributed by atoms with Crippen molar-refractivity contribution < 1.29 is 21.6 Å². The van der Waals surface area contributed by atoms with Crippen LogP contribution >= 0.6 is 11.6 Å². The molecule has 7 nitrogen and oxygen atoms in total. The molecule has 2 aromatic rings. The maximum Gasteiger partial charge on any atom is 0.264 e. The summed E-state index contributed by atoms with van der Waals surface area (Å²) in [5, 5.41) is 0.199. The number of sulfonamides is 2. The molecular formula is C17H19ClN2O5S2. The molecule has 0 N–H and O–H groups in total. The molecule has 1 aliphatic rings. The molecule has 27 heavy (non-hydrogen) atoms. The SMILES string of the molecule is COc1ccc(S(=O)(=O)N2CCc3cc(S(=O)(=O)N(C)C)ccc32)cc1Cl. The Kier molecular flexibility index (Phi) is 5.15. The van der Waals surface area contributed by atoms with Gasteiger partial charge >= 0.3 is 0 Å². The van der Waals surface area contributed by atoms with E-state index in [0.29, 0.717) is 23.4 Å². The lowest BCUT2D eigenvalue weighted by Gasteiger charge is -2.20. The van der Waals surface area contributed by atoms with E-state index in [0.717, 1.165) is 4.31 Å². The molecule has 0 saturated carbocycles. The molecule has 0 atom stereocenters. The first-order valence-electron chi connectivity index (χ1n) is 8.01. The lowest BCUT2D eigenvalue weighted by atomic mass is 10.2. The summed E-state index contributed by atoms with van der Waals surface area (Å²) in [4.78, 5) is 0.184. The summed E-state index contributed by atoms with van der Waals surface area (Å²) in [5.41, 5.74) is 1.14. The zero-order chi connectivity index (χ0) is 20.0. The number of hydrogen-bond acceptors (Lipinski definition) is 5. The van der Waals surface area contributed by atoms with Crippen LogP contribution in [-0.2, 0) is 26.5 Å². The van der Waals surface area contributed by atoms with Crippen LogP contribution < -0.4 is 9.04 Å². The van der Waals surface area contributed by atoms with Crippen molar-refractivity contribution in [1.82, 2.24) is 4.31 Å². The smallest absolute Gasteiger partial charge is 0.264 e. The van der Waals surface area contributed by atoms with Crippen LogP contribution in [-0.4, -0.2) is 48.9 Å². The first kappa shape index (κ1) is 19.9. The van der Waals surface area contributed by atoms with Gasteiger partial charge in [0.1, 0.15) is 5.75 Å². The van der Waals surface area contributed by atoms with Crippen molar-refractivity contribution in [2.45, 2.75) is 16.2 Å². The van der Waals surface area contributed by atoms with E-state index < -0.39 is 20.0 Å². The first-order chi connectivity index (χ1) is 12.6. The highest BCUT2D eigenvalue weighted by Crippen LogP contribution is 2.36. The Morgan fingerprint density at radius 3 is 2.30 bits per heavy atom. The summed E-state index contributed by atoms with van der Waals surface area (Å²) >= 11 is 6.06. The fraction of sp³-hybridized carbons (Fsp3) is 0.294. The molecule has 10 heteroatoms. The molecule has 0 fully saturated rings. The van der Waals surface area contributed by atoms with E-state index in [2.05, 4.69) is 0 Å². The Bertz CT molecular complexity index is 1100. The fourth-order valence-electron chi connectivity index (χ4n) is 2.90. The molecule has 146 valence electrons. The molecule has 0 amide bonds. The predicted octanol–water partition coefficient (Wildman–Crippen LogP) is 2.35. The van der Waals surface area contributed by atoms with Crippen molar-refractivity contribution in [3.05, 3.63) is 47.0 Å². The average molecular weight is 431 g/mol. The molecule has 0 bridgehead atoms. The highest BCUT2D eigenvalue weighted by Gasteiger charge is 2.32. The number of anilines is 1. The normalized spacial score (nSPS) is 14.5. The number of halogens is 1. The molecule has 0 radical (unpaired) electrons. The van der Waals surface area contributed by atoms with Gasteiger partial charge in [-0.1, -0.05) is 11.6 Å². The van der Waals surface area contributed by atoms with Crippen molar-refractivity contribution in [3.63, 3.8) is 0 Å². The largest absolute Gasteiger partial charge is 0.495 e. The van der Waals surface area contributed by atoms with Crippen LogP contribution in [0.25, 0.3) is 0 Å². The number of methoxy groups -OCH3 is 1. The van der Waals surface area contributed by atoms with Gasteiger partial charge < -0.3 is 4.74 Å². The predicted molar refractivity (Wildman–Crippen MR) is 104 cm³/mol. The molecular weight excluding hydrogens is 412 g/mol. The van der Waals surface area contributed by atoms with E-state index in [1.807, 2.05) is 0 Å². The second-order valence-corrected chi connectivity index (χ2v) is 10.6. The van der Waals surface area contributed by atoms with E-state index in [9.17, 15) is 16.8 Å². The molecule has 1 aliphatic heterocycles. The van der Waals surface area contributed by atoms with Crippen LogP contribution in [0, 0.1) is 0 Å². The Morgan fingerprint density at radius 1 is 1.04 bits per heavy atom. The molecule has 0 saturated heterocycles. The highest BCUT2D eigenvalue weighted by atomic mass is 35.5. The quantitative estimate of drug-likeness (QED) is 0.727. The minimum atomic E-state index is -3.83. The lowest BCUT2D eigenvalue weighted by Crippen LogP contribution is -2.29. The third-order valence-electron chi connectivity index (χ3n) is 4.39. The van der Waals surface area contributed by atoms with E-state index in [1.54, 1.807) is 0 Å². The summed E-state index contributed by atoms with van der Waals surface area (Å²) in [6.07, 6.45) is 0.426. The zero-order valence-corrected chi connectivity index (χ0v) is 17.4. The minimum absolute atomic E-state index is 0.0474. The zero-order valence-electron chi connectivity index (χ0n) is 15.0. The van der Waals surface area contributed by atoms with Crippen LogP contribution in [0.1, 0.15) is 5.56 Å². The first-order valence-corrected chi connectivity index (χ1v) is 11.3. The molecule has 0 spiro atoms. The number of nitrogens with zero attached hydrogens (tertiary/aromatic N) is 2. The van der Waals surface area contributed by atoms with Gasteiger partial charge in [-0.3, -0.25) is 4.31 Å². The number of hydrogen-bond donors (Lipinski definition) is 0. The molecule has 0 aromatic heterocycles. The van der Waals surface area contributed by atoms with E-state index in [4.69, 9.17) is 16.3 Å². The van der Waals surface area contributed by atoms with Crippen LogP contribution in [0.3, 0.4) is 0 Å². The second-order valence-electron chi connectivity index (χ2n) is 6.20. The Hall–Kier alpha value is -1.81. The number of rotatable bonds is 5. The van der Waals surface area contributed by atoms with Gasteiger partial charge in [-0.05, 0) is 48.4 Å². The maximum absolute atomic E-state index is 13.0. The standard InChI is InChI=1S/C17H19ClN2O5S2/c1-19(2)26(21,22)13-4-6-16-12(10-13)8-9-20(16)27(23,24)14-5-7-17(25-3)15(18)11-14/h4-7,10-11H,8-9H2,1-3H3. The van der Waals surface area contributed by atoms with Gasteiger partial charge in [-0.2, -0.15) is 0 Å². The summed E-state index contributed by atoms with van der Waals surface area (Å²) in [7, 11) is -3.06. The van der Waals surface area contributed by atoms with Gasteiger partial charge in [0.25, 0.3) is 10.0 Å². The molecule has 2 aromatic carbocycles.